The van der Waals surface area contributed by atoms with Gasteiger partial charge in [0.1, 0.15) is 23.1 Å². The molecule has 2 amide bonds. The Hall–Kier alpha value is -5.70. The van der Waals surface area contributed by atoms with Gasteiger partial charge in [0.15, 0.2) is 5.43 Å². The highest BCUT2D eigenvalue weighted by atomic mass is 16.6. The molecule has 3 N–H and O–H groups in total. The molecule has 0 radical (unpaired) electrons. The van der Waals surface area contributed by atoms with Gasteiger partial charge in [0, 0.05) is 24.6 Å². The third-order valence-electron chi connectivity index (χ3n) is 7.93. The number of hydrogen-bond donors (Lipinski definition) is 3. The molecule has 0 fully saturated rings. The van der Waals surface area contributed by atoms with Crippen molar-refractivity contribution in [2.75, 3.05) is 6.54 Å². The van der Waals surface area contributed by atoms with Crippen molar-refractivity contribution in [3.05, 3.63) is 138 Å². The van der Waals surface area contributed by atoms with Crippen molar-refractivity contribution in [2.24, 2.45) is 0 Å². The normalized spacial score (nSPS) is 12.6. The molecule has 3 rings (SSSR count). The Morgan fingerprint density at radius 1 is 0.774 bits per heavy atom. The van der Waals surface area contributed by atoms with Crippen LogP contribution in [0.1, 0.15) is 77.6 Å². The first-order valence-corrected chi connectivity index (χ1v) is 18.4. The van der Waals surface area contributed by atoms with Gasteiger partial charge in [0.05, 0.1) is 5.39 Å². The van der Waals surface area contributed by atoms with E-state index in [1.165, 1.54) is 24.3 Å². The number of carboxylic acid groups (broad SMARTS) is 1. The van der Waals surface area contributed by atoms with E-state index in [1.807, 2.05) is 42.5 Å². The highest BCUT2D eigenvalue weighted by Gasteiger charge is 2.21. The van der Waals surface area contributed by atoms with Crippen molar-refractivity contribution in [1.29, 1.82) is 0 Å². The third kappa shape index (κ3) is 17.4. The number of nitrogens with one attached hydrogen (secondary N) is 2. The molecule has 9 heteroatoms. The lowest BCUT2D eigenvalue weighted by atomic mass is 10.1. The van der Waals surface area contributed by atoms with Crippen LogP contribution in [0, 0.1) is 0 Å². The van der Waals surface area contributed by atoms with E-state index in [-0.39, 0.29) is 28.9 Å². The number of unbranched alkanes of at least 4 members (excludes halogenated alkanes) is 1. The number of rotatable bonds is 23. The van der Waals surface area contributed by atoms with Gasteiger partial charge < -0.3 is 24.9 Å². The standard InChI is InChI=1S/C44H52N2O7/c1-2-3-4-5-6-7-8-9-10-11-12-13-14-15-16-17-18-19-23-29-42(48)45-32-25-24-28-38(43(49)50)46-44(51)52-36-30-31-40-37(33-36)39(47)34-41(53-40)35-26-21-20-22-27-35/h3-4,6-7,9-10,12-13,15-16,18-22,26-27,30-31,33-34,38H,2,5,8,11,14,17,23-25,28-29,32H2,1H3,(H,45,48)(H,46,51)(H,49,50). The molecule has 1 unspecified atom stereocenters. The Kier molecular flexibility index (Phi) is 19.9. The fourth-order valence-corrected chi connectivity index (χ4v) is 5.12. The average molecular weight is 721 g/mol. The molecular formula is C44H52N2O7. The average Bonchev–Trinajstić information content (AvgIpc) is 3.15. The van der Waals surface area contributed by atoms with E-state index in [9.17, 15) is 24.3 Å². The first kappa shape index (κ1) is 41.7. The first-order valence-electron chi connectivity index (χ1n) is 18.4. The molecule has 0 aliphatic carbocycles. The first-order chi connectivity index (χ1) is 25.9. The molecule has 0 bridgehead atoms. The summed E-state index contributed by atoms with van der Waals surface area (Å²) in [6.07, 6.45) is 32.6. The van der Waals surface area contributed by atoms with Crippen LogP contribution >= 0.6 is 0 Å². The lowest BCUT2D eigenvalue weighted by Gasteiger charge is -2.14. The Balaban J connectivity index is 1.25. The van der Waals surface area contributed by atoms with Gasteiger partial charge >= 0.3 is 12.1 Å². The van der Waals surface area contributed by atoms with E-state index in [1.54, 1.807) is 0 Å². The molecule has 9 nitrogen and oxygen atoms in total. The summed E-state index contributed by atoms with van der Waals surface area (Å²) >= 11 is 0. The molecule has 53 heavy (non-hydrogen) atoms. The lowest BCUT2D eigenvalue weighted by molar-refractivity contribution is -0.139. The van der Waals surface area contributed by atoms with Crippen LogP contribution in [0.2, 0.25) is 0 Å². The minimum Gasteiger partial charge on any atom is -0.480 e. The largest absolute Gasteiger partial charge is 0.480 e. The maximum Gasteiger partial charge on any atom is 0.413 e. The fraction of sp³-hybridized carbons (Fsp3) is 0.318. The molecule has 280 valence electrons. The van der Waals surface area contributed by atoms with Gasteiger partial charge in [-0.05, 0) is 82.4 Å². The van der Waals surface area contributed by atoms with Crippen LogP contribution in [0.15, 0.2) is 137 Å². The Morgan fingerprint density at radius 2 is 1.38 bits per heavy atom. The smallest absolute Gasteiger partial charge is 0.413 e. The summed E-state index contributed by atoms with van der Waals surface area (Å²) in [6, 6.07) is 13.8. The maximum atomic E-state index is 12.7. The second-order valence-corrected chi connectivity index (χ2v) is 12.2. The number of carbonyl (C=O) groups excluding carboxylic acids is 2. The number of fused-ring (bicyclic) bond motifs is 1. The van der Waals surface area contributed by atoms with Crippen LogP contribution in [0.5, 0.6) is 5.75 Å². The zero-order chi connectivity index (χ0) is 37.9. The van der Waals surface area contributed by atoms with E-state index in [0.717, 1.165) is 44.1 Å². The number of benzene rings is 2. The zero-order valence-electron chi connectivity index (χ0n) is 30.6. The summed E-state index contributed by atoms with van der Waals surface area (Å²) in [7, 11) is 0. The molecule has 2 aromatic carbocycles. The summed E-state index contributed by atoms with van der Waals surface area (Å²) in [5, 5.41) is 15.0. The van der Waals surface area contributed by atoms with E-state index >= 15 is 0 Å². The number of carboxylic acids is 1. The van der Waals surface area contributed by atoms with Gasteiger partial charge in [-0.15, -0.1) is 0 Å². The van der Waals surface area contributed by atoms with Gasteiger partial charge in [-0.25, -0.2) is 9.59 Å². The van der Waals surface area contributed by atoms with Gasteiger partial charge in [-0.2, -0.15) is 0 Å². The second kappa shape index (κ2) is 25.3. The van der Waals surface area contributed by atoms with Crippen molar-refractivity contribution in [3.8, 4) is 17.1 Å². The predicted molar refractivity (Wildman–Crippen MR) is 213 cm³/mol. The van der Waals surface area contributed by atoms with Crippen LogP contribution in [0.25, 0.3) is 22.3 Å². The number of carbonyl (C=O) groups is 3. The molecule has 0 saturated heterocycles. The van der Waals surface area contributed by atoms with E-state index in [4.69, 9.17) is 9.15 Å². The van der Waals surface area contributed by atoms with Crippen LogP contribution in [0.3, 0.4) is 0 Å². The molecule has 3 aromatic rings. The molecule has 1 heterocycles. The monoisotopic (exact) mass is 720 g/mol. The van der Waals surface area contributed by atoms with E-state index < -0.39 is 18.1 Å². The number of amides is 2. The van der Waals surface area contributed by atoms with Crippen LogP contribution < -0.4 is 20.8 Å². The SMILES string of the molecule is CCC=CCC=CCC=CCC=CCC=CCC=CCCC(=O)NCCCCC(NC(=O)Oc1ccc2oc(-c3ccccc3)cc(=O)c2c1)C(=O)O. The summed E-state index contributed by atoms with van der Waals surface area (Å²) in [5.41, 5.74) is 0.777. The Morgan fingerprint density at radius 3 is 1.98 bits per heavy atom. The maximum absolute atomic E-state index is 12.7. The summed E-state index contributed by atoms with van der Waals surface area (Å²) in [4.78, 5) is 49.2. The lowest BCUT2D eigenvalue weighted by Crippen LogP contribution is -2.42. The van der Waals surface area contributed by atoms with Gasteiger partial charge in [0.25, 0.3) is 0 Å². The Labute approximate surface area is 312 Å². The minimum absolute atomic E-state index is 0.0678. The van der Waals surface area contributed by atoms with Crippen molar-refractivity contribution in [3.63, 3.8) is 0 Å². The third-order valence-corrected chi connectivity index (χ3v) is 7.93. The van der Waals surface area contributed by atoms with Crippen LogP contribution in [-0.4, -0.2) is 35.7 Å². The second-order valence-electron chi connectivity index (χ2n) is 12.2. The van der Waals surface area contributed by atoms with Crippen LogP contribution in [0.4, 0.5) is 4.79 Å². The van der Waals surface area contributed by atoms with Crippen molar-refractivity contribution >= 4 is 28.9 Å². The number of hydrogen-bond acceptors (Lipinski definition) is 6. The predicted octanol–water partition coefficient (Wildman–Crippen LogP) is 9.77. The zero-order valence-corrected chi connectivity index (χ0v) is 30.6. The topological polar surface area (TPSA) is 135 Å². The molecular weight excluding hydrogens is 668 g/mol. The highest BCUT2D eigenvalue weighted by Crippen LogP contribution is 2.24. The molecule has 0 aliphatic heterocycles. The van der Waals surface area contributed by atoms with Crippen LogP contribution in [-0.2, 0) is 9.59 Å². The van der Waals surface area contributed by atoms with E-state index in [0.29, 0.717) is 43.6 Å². The summed E-state index contributed by atoms with van der Waals surface area (Å²) < 4.78 is 11.1. The van der Waals surface area contributed by atoms with Crippen molar-refractivity contribution in [1.82, 2.24) is 10.6 Å². The molecule has 1 atom stereocenters. The molecule has 0 spiro atoms. The highest BCUT2D eigenvalue weighted by molar-refractivity contribution is 5.83. The van der Waals surface area contributed by atoms with Crippen molar-refractivity contribution in [2.45, 2.75) is 83.6 Å². The Bertz CT molecular complexity index is 1820. The quantitative estimate of drug-likeness (QED) is 0.0656. The number of ether oxygens (including phenoxy) is 1. The summed E-state index contributed by atoms with van der Waals surface area (Å²) in [6.45, 7) is 2.55. The molecule has 0 saturated carbocycles. The number of aliphatic carboxylic acids is 1. The van der Waals surface area contributed by atoms with E-state index in [2.05, 4.69) is 78.3 Å². The minimum atomic E-state index is -1.20. The van der Waals surface area contributed by atoms with Gasteiger partial charge in [-0.1, -0.05) is 110 Å². The fourth-order valence-electron chi connectivity index (χ4n) is 5.12. The molecule has 1 aromatic heterocycles. The van der Waals surface area contributed by atoms with Gasteiger partial charge in [0.2, 0.25) is 5.91 Å². The number of allylic oxidation sites excluding steroid dienone is 12. The molecule has 0 aliphatic rings. The summed E-state index contributed by atoms with van der Waals surface area (Å²) in [5.74, 6) is -0.776. The van der Waals surface area contributed by atoms with Gasteiger partial charge in [-0.3, -0.25) is 9.59 Å². The van der Waals surface area contributed by atoms with Crippen molar-refractivity contribution < 1.29 is 28.6 Å².